The molecule has 0 aliphatic carbocycles. The highest BCUT2D eigenvalue weighted by Crippen LogP contribution is 2.33. The molecule has 1 aromatic rings. The first-order chi connectivity index (χ1) is 11.5. The van der Waals surface area contributed by atoms with E-state index in [1.807, 2.05) is 36.9 Å². The first-order valence-corrected chi connectivity index (χ1v) is 8.43. The summed E-state index contributed by atoms with van der Waals surface area (Å²) in [4.78, 5) is 28.3. The Hall–Kier alpha value is -2.24. The first-order valence-electron chi connectivity index (χ1n) is 8.43. The lowest BCUT2D eigenvalue weighted by Gasteiger charge is -2.32. The quantitative estimate of drug-likeness (QED) is 0.848. The molecule has 3 rings (SSSR count). The number of benzene rings is 1. The van der Waals surface area contributed by atoms with Gasteiger partial charge in [-0.3, -0.25) is 9.59 Å². The van der Waals surface area contributed by atoms with Crippen molar-refractivity contribution in [2.75, 3.05) is 13.3 Å². The van der Waals surface area contributed by atoms with Crippen LogP contribution in [0.4, 0.5) is 0 Å². The Morgan fingerprint density at radius 1 is 1.29 bits per heavy atom. The van der Waals surface area contributed by atoms with E-state index >= 15 is 0 Å². The third-order valence-corrected chi connectivity index (χ3v) is 4.64. The monoisotopic (exact) mass is 332 g/mol. The highest BCUT2D eigenvalue weighted by Gasteiger charge is 2.36. The molecule has 2 amide bonds. The fourth-order valence-electron chi connectivity index (χ4n) is 3.34. The third kappa shape index (κ3) is 3.18. The molecule has 2 heterocycles. The molecule has 1 atom stereocenters. The first kappa shape index (κ1) is 16.6. The van der Waals surface area contributed by atoms with E-state index in [9.17, 15) is 9.59 Å². The molecule has 6 nitrogen and oxygen atoms in total. The van der Waals surface area contributed by atoms with Gasteiger partial charge >= 0.3 is 0 Å². The van der Waals surface area contributed by atoms with E-state index in [1.165, 1.54) is 6.92 Å². The standard InChI is InChI=1S/C18H24N2O4/c1-12(2)20(18(22)15-5-4-8-19(15)13(3)21)10-14-6-7-16-17(9-14)24-11-23-16/h6-7,9,12,15H,4-5,8,10-11H2,1-3H3/t15-/m1/s1. The average Bonchev–Trinajstić information content (AvgIpc) is 3.19. The Morgan fingerprint density at radius 3 is 2.75 bits per heavy atom. The van der Waals surface area contributed by atoms with Crippen molar-refractivity contribution >= 4 is 11.8 Å². The van der Waals surface area contributed by atoms with Crippen LogP contribution in [0.15, 0.2) is 18.2 Å². The molecule has 0 saturated carbocycles. The molecule has 2 aliphatic heterocycles. The van der Waals surface area contributed by atoms with Crippen molar-refractivity contribution in [2.24, 2.45) is 0 Å². The van der Waals surface area contributed by atoms with E-state index in [0.717, 1.165) is 29.9 Å². The van der Waals surface area contributed by atoms with Gasteiger partial charge in [-0.1, -0.05) is 6.07 Å². The molecule has 1 aromatic carbocycles. The van der Waals surface area contributed by atoms with Gasteiger partial charge in [-0.15, -0.1) is 0 Å². The Morgan fingerprint density at radius 2 is 2.04 bits per heavy atom. The van der Waals surface area contributed by atoms with Gasteiger partial charge in [-0.25, -0.2) is 0 Å². The zero-order chi connectivity index (χ0) is 17.3. The number of likely N-dealkylation sites (tertiary alicyclic amines) is 1. The maximum atomic E-state index is 13.0. The minimum absolute atomic E-state index is 0.0235. The Balaban J connectivity index is 1.77. The third-order valence-electron chi connectivity index (χ3n) is 4.64. The maximum Gasteiger partial charge on any atom is 0.245 e. The second kappa shape index (κ2) is 6.71. The predicted molar refractivity (Wildman–Crippen MR) is 88.7 cm³/mol. The second-order valence-electron chi connectivity index (χ2n) is 6.62. The average molecular weight is 332 g/mol. The maximum absolute atomic E-state index is 13.0. The minimum atomic E-state index is -0.334. The molecule has 6 heteroatoms. The number of carbonyl (C=O) groups excluding carboxylic acids is 2. The van der Waals surface area contributed by atoms with Crippen LogP contribution in [0.3, 0.4) is 0 Å². The Labute approximate surface area is 142 Å². The zero-order valence-electron chi connectivity index (χ0n) is 14.4. The fourth-order valence-corrected chi connectivity index (χ4v) is 3.34. The van der Waals surface area contributed by atoms with E-state index in [0.29, 0.717) is 13.1 Å². The van der Waals surface area contributed by atoms with E-state index in [4.69, 9.17) is 9.47 Å². The van der Waals surface area contributed by atoms with E-state index in [2.05, 4.69) is 0 Å². The summed E-state index contributed by atoms with van der Waals surface area (Å²) in [6.45, 7) is 6.93. The van der Waals surface area contributed by atoms with Crippen molar-refractivity contribution in [1.29, 1.82) is 0 Å². The fraction of sp³-hybridized carbons (Fsp3) is 0.556. The van der Waals surface area contributed by atoms with Crippen molar-refractivity contribution < 1.29 is 19.1 Å². The van der Waals surface area contributed by atoms with Gasteiger partial charge in [-0.05, 0) is 44.4 Å². The number of carbonyl (C=O) groups is 2. The van der Waals surface area contributed by atoms with Crippen molar-refractivity contribution in [3.63, 3.8) is 0 Å². The van der Waals surface area contributed by atoms with Gasteiger partial charge in [0.2, 0.25) is 18.6 Å². The number of nitrogens with zero attached hydrogens (tertiary/aromatic N) is 2. The molecule has 0 aromatic heterocycles. The molecule has 0 spiro atoms. The van der Waals surface area contributed by atoms with Crippen LogP contribution in [0.25, 0.3) is 0 Å². The molecular weight excluding hydrogens is 308 g/mol. The van der Waals surface area contributed by atoms with Crippen LogP contribution in [0.1, 0.15) is 39.2 Å². The molecule has 1 saturated heterocycles. The summed E-state index contributed by atoms with van der Waals surface area (Å²) in [5, 5.41) is 0. The Kier molecular flexibility index (Phi) is 4.64. The summed E-state index contributed by atoms with van der Waals surface area (Å²) < 4.78 is 10.7. The summed E-state index contributed by atoms with van der Waals surface area (Å²) in [6, 6.07) is 5.46. The number of rotatable bonds is 4. The van der Waals surface area contributed by atoms with Gasteiger partial charge in [-0.2, -0.15) is 0 Å². The van der Waals surface area contributed by atoms with Gasteiger partial charge in [0.15, 0.2) is 11.5 Å². The van der Waals surface area contributed by atoms with E-state index < -0.39 is 0 Å². The lowest BCUT2D eigenvalue weighted by Crippen LogP contribution is -2.49. The molecule has 0 unspecified atom stereocenters. The van der Waals surface area contributed by atoms with Crippen LogP contribution >= 0.6 is 0 Å². The number of hydrogen-bond donors (Lipinski definition) is 0. The summed E-state index contributed by atoms with van der Waals surface area (Å²) in [5.74, 6) is 1.45. The van der Waals surface area contributed by atoms with E-state index in [1.54, 1.807) is 4.90 Å². The van der Waals surface area contributed by atoms with Gasteiger partial charge in [0, 0.05) is 26.1 Å². The highest BCUT2D eigenvalue weighted by molar-refractivity contribution is 5.87. The molecular formula is C18H24N2O4. The van der Waals surface area contributed by atoms with Gasteiger partial charge in [0.1, 0.15) is 6.04 Å². The van der Waals surface area contributed by atoms with Crippen molar-refractivity contribution in [2.45, 2.75) is 52.2 Å². The van der Waals surface area contributed by atoms with Crippen LogP contribution in [0.2, 0.25) is 0 Å². The molecule has 24 heavy (non-hydrogen) atoms. The summed E-state index contributed by atoms with van der Waals surface area (Å²) in [5.41, 5.74) is 0.994. The molecule has 0 bridgehead atoms. The molecule has 0 radical (unpaired) electrons. The Bertz CT molecular complexity index is 644. The van der Waals surface area contributed by atoms with E-state index in [-0.39, 0.29) is 30.7 Å². The molecule has 1 fully saturated rings. The smallest absolute Gasteiger partial charge is 0.245 e. The zero-order valence-corrected chi connectivity index (χ0v) is 14.4. The SMILES string of the molecule is CC(=O)N1CCC[C@@H]1C(=O)N(Cc1ccc2c(c1)OCO2)C(C)C. The van der Waals surface area contributed by atoms with Gasteiger partial charge in [0.05, 0.1) is 0 Å². The summed E-state index contributed by atoms with van der Waals surface area (Å²) in [6.07, 6.45) is 1.62. The summed E-state index contributed by atoms with van der Waals surface area (Å²) >= 11 is 0. The number of amides is 2. The minimum Gasteiger partial charge on any atom is -0.454 e. The lowest BCUT2D eigenvalue weighted by atomic mass is 10.1. The summed E-state index contributed by atoms with van der Waals surface area (Å²) in [7, 11) is 0. The van der Waals surface area contributed by atoms with Crippen LogP contribution < -0.4 is 9.47 Å². The van der Waals surface area contributed by atoms with Crippen molar-refractivity contribution in [3.8, 4) is 11.5 Å². The lowest BCUT2D eigenvalue weighted by molar-refractivity contribution is -0.144. The van der Waals surface area contributed by atoms with Gasteiger partial charge in [0.25, 0.3) is 0 Å². The van der Waals surface area contributed by atoms with Gasteiger partial charge < -0.3 is 19.3 Å². The topological polar surface area (TPSA) is 59.1 Å². The molecule has 0 N–H and O–H groups in total. The van der Waals surface area contributed by atoms with Crippen LogP contribution in [0.5, 0.6) is 11.5 Å². The van der Waals surface area contributed by atoms with Crippen LogP contribution in [-0.4, -0.2) is 47.0 Å². The van der Waals surface area contributed by atoms with Crippen molar-refractivity contribution in [1.82, 2.24) is 9.80 Å². The number of fused-ring (bicyclic) bond motifs is 1. The highest BCUT2D eigenvalue weighted by atomic mass is 16.7. The predicted octanol–water partition coefficient (Wildman–Crippen LogP) is 2.16. The second-order valence-corrected chi connectivity index (χ2v) is 6.62. The largest absolute Gasteiger partial charge is 0.454 e. The van der Waals surface area contributed by atoms with Crippen molar-refractivity contribution in [3.05, 3.63) is 23.8 Å². The number of hydrogen-bond acceptors (Lipinski definition) is 4. The molecule has 130 valence electrons. The number of ether oxygens (including phenoxy) is 2. The van der Waals surface area contributed by atoms with Crippen LogP contribution in [-0.2, 0) is 16.1 Å². The van der Waals surface area contributed by atoms with Crippen LogP contribution in [0, 0.1) is 0 Å². The molecule has 2 aliphatic rings. The normalized spacial score (nSPS) is 19.0.